The number of hydrogen-bond acceptors (Lipinski definition) is 1. The summed E-state index contributed by atoms with van der Waals surface area (Å²) in [6.45, 7) is 0. The molecule has 0 aromatic rings. The molecule has 0 aliphatic heterocycles. The molecule has 2 rings (SSSR count). The van der Waals surface area contributed by atoms with E-state index in [1.165, 1.54) is 0 Å². The second kappa shape index (κ2) is 1.38. The van der Waals surface area contributed by atoms with Crippen LogP contribution in [0.15, 0.2) is 12.2 Å². The fourth-order valence-corrected chi connectivity index (χ4v) is 1.71. The minimum Gasteiger partial charge on any atom is -0.481 e. The summed E-state index contributed by atoms with van der Waals surface area (Å²) < 4.78 is 0. The topological polar surface area (TPSA) is 37.3 Å². The van der Waals surface area contributed by atoms with Crippen molar-refractivity contribution in [2.24, 2.45) is 17.8 Å². The number of carboxylic acid groups (broad SMARTS) is 1. The second-order valence-corrected chi connectivity index (χ2v) is 2.77. The summed E-state index contributed by atoms with van der Waals surface area (Å²) in [7, 11) is 0. The number of aliphatic carboxylic acids is 1. The van der Waals surface area contributed by atoms with Crippen molar-refractivity contribution in [3.8, 4) is 0 Å². The van der Waals surface area contributed by atoms with Crippen molar-refractivity contribution in [2.45, 2.75) is 6.42 Å². The highest BCUT2D eigenvalue weighted by molar-refractivity contribution is 5.75. The Kier molecular flexibility index (Phi) is 0.770. The lowest BCUT2D eigenvalue weighted by atomic mass is 10.2. The molecule has 0 aromatic carbocycles. The summed E-state index contributed by atoms with van der Waals surface area (Å²) in [5, 5.41) is 8.53. The highest BCUT2D eigenvalue weighted by Gasteiger charge is 2.54. The van der Waals surface area contributed by atoms with Crippen molar-refractivity contribution >= 4 is 5.97 Å². The monoisotopic (exact) mass is 124 g/mol. The summed E-state index contributed by atoms with van der Waals surface area (Å²) in [5.41, 5.74) is 0. The average Bonchev–Trinajstić information content (AvgIpc) is 2.30. The smallest absolute Gasteiger partial charge is 0.307 e. The molecule has 2 aliphatic rings. The molecular weight excluding hydrogens is 116 g/mol. The number of rotatable bonds is 1. The highest BCUT2D eigenvalue weighted by atomic mass is 16.4. The Balaban J connectivity index is 2.10. The second-order valence-electron chi connectivity index (χ2n) is 2.77. The summed E-state index contributed by atoms with van der Waals surface area (Å²) in [5.74, 6) is 0.203. The minimum atomic E-state index is -0.616. The molecular formula is C7H8O2. The van der Waals surface area contributed by atoms with Gasteiger partial charge in [-0.15, -0.1) is 0 Å². The van der Waals surface area contributed by atoms with E-state index in [0.29, 0.717) is 11.8 Å². The molecule has 9 heavy (non-hydrogen) atoms. The van der Waals surface area contributed by atoms with Crippen LogP contribution in [-0.4, -0.2) is 11.1 Å². The Hall–Kier alpha value is -0.790. The van der Waals surface area contributed by atoms with Gasteiger partial charge < -0.3 is 5.11 Å². The molecule has 1 saturated carbocycles. The largest absolute Gasteiger partial charge is 0.481 e. The first-order valence-electron chi connectivity index (χ1n) is 3.20. The van der Waals surface area contributed by atoms with Crippen LogP contribution in [0.2, 0.25) is 0 Å². The molecule has 1 N–H and O–H groups in total. The fourth-order valence-electron chi connectivity index (χ4n) is 1.71. The van der Waals surface area contributed by atoms with Crippen molar-refractivity contribution in [1.82, 2.24) is 0 Å². The van der Waals surface area contributed by atoms with Crippen LogP contribution >= 0.6 is 0 Å². The zero-order chi connectivity index (χ0) is 6.43. The van der Waals surface area contributed by atoms with Gasteiger partial charge in [0.05, 0.1) is 5.92 Å². The predicted octanol–water partition coefficient (Wildman–Crippen LogP) is 0.893. The molecule has 2 unspecified atom stereocenters. The fraction of sp³-hybridized carbons (Fsp3) is 0.571. The first kappa shape index (κ1) is 5.03. The molecule has 0 radical (unpaired) electrons. The summed E-state index contributed by atoms with van der Waals surface area (Å²) in [6, 6.07) is 0. The van der Waals surface area contributed by atoms with Crippen molar-refractivity contribution in [3.63, 3.8) is 0 Å². The zero-order valence-electron chi connectivity index (χ0n) is 4.95. The quantitative estimate of drug-likeness (QED) is 0.527. The third kappa shape index (κ3) is 0.530. The Labute approximate surface area is 53.2 Å². The predicted molar refractivity (Wildman–Crippen MR) is 31.9 cm³/mol. The number of fused-ring (bicyclic) bond motifs is 1. The summed E-state index contributed by atoms with van der Waals surface area (Å²) in [6.07, 6.45) is 5.10. The van der Waals surface area contributed by atoms with Gasteiger partial charge in [-0.05, 0) is 18.3 Å². The van der Waals surface area contributed by atoms with Gasteiger partial charge >= 0.3 is 5.97 Å². The Morgan fingerprint density at radius 2 is 2.44 bits per heavy atom. The number of hydrogen-bond donors (Lipinski definition) is 1. The molecule has 3 atom stereocenters. The molecule has 2 nitrogen and oxygen atoms in total. The molecule has 0 bridgehead atoms. The van der Waals surface area contributed by atoms with Gasteiger partial charge in [0.2, 0.25) is 0 Å². The van der Waals surface area contributed by atoms with E-state index in [4.69, 9.17) is 5.11 Å². The van der Waals surface area contributed by atoms with Crippen LogP contribution in [0.4, 0.5) is 0 Å². The van der Waals surface area contributed by atoms with Gasteiger partial charge in [0.1, 0.15) is 0 Å². The van der Waals surface area contributed by atoms with Gasteiger partial charge in [0, 0.05) is 0 Å². The van der Waals surface area contributed by atoms with Crippen molar-refractivity contribution in [1.29, 1.82) is 0 Å². The third-order valence-corrected chi connectivity index (χ3v) is 2.28. The summed E-state index contributed by atoms with van der Waals surface area (Å²) in [4.78, 5) is 10.3. The Morgan fingerprint density at radius 3 is 2.78 bits per heavy atom. The molecule has 0 heterocycles. The third-order valence-electron chi connectivity index (χ3n) is 2.28. The number of allylic oxidation sites excluding steroid dienone is 2. The van der Waals surface area contributed by atoms with Gasteiger partial charge in [0.15, 0.2) is 0 Å². The van der Waals surface area contributed by atoms with Crippen LogP contribution in [0, 0.1) is 17.8 Å². The lowest BCUT2D eigenvalue weighted by Gasteiger charge is -1.88. The zero-order valence-corrected chi connectivity index (χ0v) is 4.95. The van der Waals surface area contributed by atoms with Crippen LogP contribution in [0.3, 0.4) is 0 Å². The summed E-state index contributed by atoms with van der Waals surface area (Å²) >= 11 is 0. The van der Waals surface area contributed by atoms with E-state index in [1.807, 2.05) is 6.08 Å². The van der Waals surface area contributed by atoms with E-state index in [0.717, 1.165) is 6.42 Å². The SMILES string of the molecule is O=C(O)[C@@H]1C2C=CCC21. The average molecular weight is 124 g/mol. The molecule has 0 amide bonds. The van der Waals surface area contributed by atoms with Crippen LogP contribution in [0.5, 0.6) is 0 Å². The standard InChI is InChI=1S/C7H8O2/c8-7(9)6-4-2-1-3-5(4)6/h1-2,4-6H,3H2,(H,8,9)/t4?,5?,6-/m1/s1. The van der Waals surface area contributed by atoms with E-state index < -0.39 is 5.97 Å². The van der Waals surface area contributed by atoms with Gasteiger partial charge in [-0.25, -0.2) is 0 Å². The van der Waals surface area contributed by atoms with E-state index in [9.17, 15) is 4.79 Å². The van der Waals surface area contributed by atoms with Crippen LogP contribution < -0.4 is 0 Å². The maximum atomic E-state index is 10.3. The first-order valence-corrected chi connectivity index (χ1v) is 3.20. The Bertz CT molecular complexity index is 183. The van der Waals surface area contributed by atoms with Gasteiger partial charge in [0.25, 0.3) is 0 Å². The van der Waals surface area contributed by atoms with Crippen molar-refractivity contribution < 1.29 is 9.90 Å². The highest BCUT2D eigenvalue weighted by Crippen LogP contribution is 2.53. The van der Waals surface area contributed by atoms with Crippen LogP contribution in [-0.2, 0) is 4.79 Å². The van der Waals surface area contributed by atoms with Crippen LogP contribution in [0.25, 0.3) is 0 Å². The molecule has 2 heteroatoms. The van der Waals surface area contributed by atoms with E-state index in [2.05, 4.69) is 6.08 Å². The Morgan fingerprint density at radius 1 is 1.67 bits per heavy atom. The van der Waals surface area contributed by atoms with Gasteiger partial charge in [-0.1, -0.05) is 12.2 Å². The minimum absolute atomic E-state index is 0.0324. The van der Waals surface area contributed by atoms with Gasteiger partial charge in [-0.3, -0.25) is 4.79 Å². The van der Waals surface area contributed by atoms with E-state index in [1.54, 1.807) is 0 Å². The molecule has 0 saturated heterocycles. The van der Waals surface area contributed by atoms with Gasteiger partial charge in [-0.2, -0.15) is 0 Å². The lowest BCUT2D eigenvalue weighted by Crippen LogP contribution is -2.00. The van der Waals surface area contributed by atoms with Crippen LogP contribution in [0.1, 0.15) is 6.42 Å². The maximum absolute atomic E-state index is 10.3. The number of carbonyl (C=O) groups is 1. The molecule has 1 fully saturated rings. The lowest BCUT2D eigenvalue weighted by molar-refractivity contribution is -0.139. The van der Waals surface area contributed by atoms with Crippen molar-refractivity contribution in [3.05, 3.63) is 12.2 Å². The van der Waals surface area contributed by atoms with E-state index in [-0.39, 0.29) is 5.92 Å². The molecule has 0 spiro atoms. The normalized spacial score (nSPS) is 44.7. The maximum Gasteiger partial charge on any atom is 0.307 e. The molecule has 0 aromatic heterocycles. The van der Waals surface area contributed by atoms with Crippen molar-refractivity contribution in [2.75, 3.05) is 0 Å². The molecule has 48 valence electrons. The molecule has 2 aliphatic carbocycles. The van der Waals surface area contributed by atoms with E-state index >= 15 is 0 Å². The number of carboxylic acids is 1. The first-order chi connectivity index (χ1) is 4.30.